The largest absolute Gasteiger partial charge is 0.458 e. The summed E-state index contributed by atoms with van der Waals surface area (Å²) in [6.45, 7) is 13.9. The number of allylic oxidation sites excluding steroid dienone is 2. The van der Waals surface area contributed by atoms with Crippen molar-refractivity contribution in [3.63, 3.8) is 0 Å². The highest BCUT2D eigenvalue weighted by Crippen LogP contribution is 2.40. The Kier molecular flexibility index (Phi) is 6.85. The van der Waals surface area contributed by atoms with E-state index in [0.717, 1.165) is 0 Å². The van der Waals surface area contributed by atoms with Crippen LogP contribution in [0.3, 0.4) is 0 Å². The molecule has 7 nitrogen and oxygen atoms in total. The van der Waals surface area contributed by atoms with Gasteiger partial charge >= 0.3 is 17.9 Å². The summed E-state index contributed by atoms with van der Waals surface area (Å²) in [6.07, 6.45) is 2.35. The van der Waals surface area contributed by atoms with E-state index in [1.54, 1.807) is 39.0 Å². The van der Waals surface area contributed by atoms with Crippen molar-refractivity contribution in [1.29, 1.82) is 0 Å². The molecule has 0 unspecified atom stereocenters. The Morgan fingerprint density at radius 1 is 1.31 bits per heavy atom. The molecule has 0 aromatic heterocycles. The zero-order chi connectivity index (χ0) is 21.9. The number of carbonyl (C=O) groups is 3. The number of rotatable bonds is 3. The first-order chi connectivity index (χ1) is 13.5. The highest BCUT2D eigenvalue weighted by Gasteiger charge is 2.51. The van der Waals surface area contributed by atoms with Crippen molar-refractivity contribution >= 4 is 17.9 Å². The molecule has 0 spiro atoms. The summed E-state index contributed by atoms with van der Waals surface area (Å²) < 4.78 is 16.6. The first kappa shape index (κ1) is 22.6. The quantitative estimate of drug-likeness (QED) is 0.334. The standard InChI is InChI=1S/C22H28O7/c1-7-12(2)20(24)28-16-11-22(6,26)10-8-9-13(3)18(27-15(5)23)19-17(16)14(4)21(25)29-19/h7-8,10,16-19,26H,3-4,9,11H2,1-2,5-6H3/b10-8+,12-7+/t16-,17-,18+,19-,22+/m1/s1. The number of hydrogen-bond donors (Lipinski definition) is 1. The van der Waals surface area contributed by atoms with Crippen LogP contribution in [0.5, 0.6) is 0 Å². The SMILES string of the molecule is C=C1C(=O)O[C@@H]2[C@H]1[C@H](OC(=O)/C(C)=C/C)C[C@@](C)(O)/C=C/CC(=C)[C@@H]2OC(C)=O. The van der Waals surface area contributed by atoms with Gasteiger partial charge in [0.05, 0.1) is 11.5 Å². The molecule has 1 N–H and O–H groups in total. The summed E-state index contributed by atoms with van der Waals surface area (Å²) in [6, 6.07) is 0. The molecule has 29 heavy (non-hydrogen) atoms. The van der Waals surface area contributed by atoms with Gasteiger partial charge in [0, 0.05) is 24.5 Å². The van der Waals surface area contributed by atoms with Gasteiger partial charge in [-0.2, -0.15) is 0 Å². The van der Waals surface area contributed by atoms with Gasteiger partial charge in [0.2, 0.25) is 0 Å². The molecule has 1 heterocycles. The molecule has 1 aliphatic carbocycles. The fourth-order valence-electron chi connectivity index (χ4n) is 3.50. The van der Waals surface area contributed by atoms with E-state index in [0.29, 0.717) is 17.6 Å². The lowest BCUT2D eigenvalue weighted by atomic mass is 9.80. The Bertz CT molecular complexity index is 787. The van der Waals surface area contributed by atoms with E-state index in [4.69, 9.17) is 14.2 Å². The molecule has 2 rings (SSSR count). The Balaban J connectivity index is 2.55. The maximum atomic E-state index is 12.5. The molecule has 5 atom stereocenters. The number of hydrogen-bond acceptors (Lipinski definition) is 7. The van der Waals surface area contributed by atoms with Crippen LogP contribution in [0.1, 0.15) is 40.5 Å². The summed E-state index contributed by atoms with van der Waals surface area (Å²) in [7, 11) is 0. The molecule has 0 saturated carbocycles. The molecule has 1 saturated heterocycles. The second-order valence-electron chi connectivity index (χ2n) is 7.69. The third-order valence-corrected chi connectivity index (χ3v) is 5.14. The van der Waals surface area contributed by atoms with Crippen molar-refractivity contribution in [2.45, 2.75) is 64.4 Å². The average Bonchev–Trinajstić information content (AvgIpc) is 2.91. The minimum atomic E-state index is -1.32. The Morgan fingerprint density at radius 3 is 2.55 bits per heavy atom. The average molecular weight is 404 g/mol. The van der Waals surface area contributed by atoms with Crippen molar-refractivity contribution in [2.24, 2.45) is 5.92 Å². The van der Waals surface area contributed by atoms with Crippen LogP contribution in [0, 0.1) is 5.92 Å². The van der Waals surface area contributed by atoms with Gasteiger partial charge in [0.1, 0.15) is 6.10 Å². The molecule has 1 aliphatic heterocycles. The zero-order valence-corrected chi connectivity index (χ0v) is 17.3. The molecule has 0 aromatic carbocycles. The summed E-state index contributed by atoms with van der Waals surface area (Å²) in [5.74, 6) is -2.62. The number of ether oxygens (including phenoxy) is 3. The third-order valence-electron chi connectivity index (χ3n) is 5.14. The molecule has 7 heteroatoms. The van der Waals surface area contributed by atoms with Crippen LogP contribution in [0.15, 0.2) is 48.1 Å². The van der Waals surface area contributed by atoms with Gasteiger partial charge in [-0.15, -0.1) is 0 Å². The maximum absolute atomic E-state index is 12.5. The van der Waals surface area contributed by atoms with Crippen LogP contribution in [0.25, 0.3) is 0 Å². The van der Waals surface area contributed by atoms with Crippen LogP contribution in [0.2, 0.25) is 0 Å². The lowest BCUT2D eigenvalue weighted by Crippen LogP contribution is -2.45. The smallest absolute Gasteiger partial charge is 0.334 e. The van der Waals surface area contributed by atoms with Crippen LogP contribution in [0.4, 0.5) is 0 Å². The molecule has 0 amide bonds. The van der Waals surface area contributed by atoms with Gasteiger partial charge < -0.3 is 19.3 Å². The second kappa shape index (κ2) is 8.78. The number of fused-ring (bicyclic) bond motifs is 1. The van der Waals surface area contributed by atoms with Gasteiger partial charge in [-0.25, -0.2) is 9.59 Å². The predicted molar refractivity (Wildman–Crippen MR) is 106 cm³/mol. The van der Waals surface area contributed by atoms with E-state index in [1.807, 2.05) is 0 Å². The van der Waals surface area contributed by atoms with E-state index < -0.39 is 47.7 Å². The van der Waals surface area contributed by atoms with Gasteiger partial charge in [0.25, 0.3) is 0 Å². The van der Waals surface area contributed by atoms with Crippen molar-refractivity contribution in [3.8, 4) is 0 Å². The summed E-state index contributed by atoms with van der Waals surface area (Å²) >= 11 is 0. The van der Waals surface area contributed by atoms with Crippen LogP contribution >= 0.6 is 0 Å². The fraction of sp³-hybridized carbons (Fsp3) is 0.500. The molecule has 2 aliphatic rings. The lowest BCUT2D eigenvalue weighted by Gasteiger charge is -2.35. The Morgan fingerprint density at radius 2 is 1.97 bits per heavy atom. The number of aliphatic hydroxyl groups is 1. The van der Waals surface area contributed by atoms with Gasteiger partial charge in [0.15, 0.2) is 12.2 Å². The molecule has 0 radical (unpaired) electrons. The van der Waals surface area contributed by atoms with E-state index in [9.17, 15) is 19.5 Å². The van der Waals surface area contributed by atoms with E-state index in [-0.39, 0.29) is 12.0 Å². The normalized spacial score (nSPS) is 34.1. The maximum Gasteiger partial charge on any atom is 0.334 e. The fourth-order valence-corrected chi connectivity index (χ4v) is 3.50. The van der Waals surface area contributed by atoms with E-state index in [2.05, 4.69) is 13.2 Å². The molecule has 158 valence electrons. The first-order valence-electron chi connectivity index (χ1n) is 9.45. The van der Waals surface area contributed by atoms with E-state index >= 15 is 0 Å². The summed E-state index contributed by atoms with van der Waals surface area (Å²) in [5, 5.41) is 10.8. The molecule has 0 aromatic rings. The van der Waals surface area contributed by atoms with Crippen LogP contribution in [-0.2, 0) is 28.6 Å². The highest BCUT2D eigenvalue weighted by atomic mass is 16.6. The van der Waals surface area contributed by atoms with Gasteiger partial charge in [-0.3, -0.25) is 4.79 Å². The molecular weight excluding hydrogens is 376 g/mol. The minimum Gasteiger partial charge on any atom is -0.458 e. The topological polar surface area (TPSA) is 99.1 Å². The Hall–Kier alpha value is -2.67. The lowest BCUT2D eigenvalue weighted by molar-refractivity contribution is -0.163. The third kappa shape index (κ3) is 5.23. The second-order valence-corrected chi connectivity index (χ2v) is 7.69. The van der Waals surface area contributed by atoms with Crippen molar-refractivity contribution in [1.82, 2.24) is 0 Å². The predicted octanol–water partition coefficient (Wildman–Crippen LogP) is 2.55. The minimum absolute atomic E-state index is 0.00231. The van der Waals surface area contributed by atoms with Crippen molar-refractivity contribution in [3.05, 3.63) is 48.1 Å². The van der Waals surface area contributed by atoms with Crippen LogP contribution < -0.4 is 0 Å². The van der Waals surface area contributed by atoms with Gasteiger partial charge in [-0.05, 0) is 32.8 Å². The first-order valence-corrected chi connectivity index (χ1v) is 9.45. The summed E-state index contributed by atoms with van der Waals surface area (Å²) in [5.41, 5.74) is -0.358. The molecule has 1 fully saturated rings. The van der Waals surface area contributed by atoms with E-state index in [1.165, 1.54) is 6.92 Å². The molecule has 0 bridgehead atoms. The number of esters is 3. The molecular formula is C22H28O7. The highest BCUT2D eigenvalue weighted by molar-refractivity contribution is 5.92. The number of carbonyl (C=O) groups excluding carboxylic acids is 3. The summed E-state index contributed by atoms with van der Waals surface area (Å²) in [4.78, 5) is 36.5. The van der Waals surface area contributed by atoms with Crippen molar-refractivity contribution in [2.75, 3.05) is 0 Å². The van der Waals surface area contributed by atoms with Gasteiger partial charge in [-0.1, -0.05) is 31.4 Å². The van der Waals surface area contributed by atoms with Crippen molar-refractivity contribution < 1.29 is 33.7 Å². The van der Waals surface area contributed by atoms with Crippen LogP contribution in [-0.4, -0.2) is 46.9 Å². The Labute approximate surface area is 170 Å². The monoisotopic (exact) mass is 404 g/mol. The zero-order valence-electron chi connectivity index (χ0n) is 17.3.